The van der Waals surface area contributed by atoms with E-state index in [9.17, 15) is 123 Å². The van der Waals surface area contributed by atoms with Gasteiger partial charge in [0.05, 0.1) is 0 Å². The molecule has 0 aliphatic rings. The maximum atomic E-state index is 15.6. The summed E-state index contributed by atoms with van der Waals surface area (Å²) in [5.41, 5.74) is -6.44. The second-order valence-corrected chi connectivity index (χ2v) is 10.8. The van der Waals surface area contributed by atoms with Crippen LogP contribution in [0.1, 0.15) is 5.56 Å². The predicted octanol–water partition coefficient (Wildman–Crippen LogP) is 8.50. The van der Waals surface area contributed by atoms with Gasteiger partial charge in [-0.1, -0.05) is 18.7 Å². The lowest BCUT2D eigenvalue weighted by atomic mass is 9.79. The first-order chi connectivity index (χ1) is 26.3. The molecule has 0 heterocycles. The second kappa shape index (κ2) is 15.8. The van der Waals surface area contributed by atoms with Gasteiger partial charge in [-0.25, -0.2) is 0 Å². The van der Waals surface area contributed by atoms with Crippen LogP contribution in [0.25, 0.3) is 0 Å². The molecule has 0 bridgehead atoms. The highest BCUT2D eigenvalue weighted by atomic mass is 19.4. The smallest absolute Gasteiger partial charge is 0.423 e. The number of hydrogen-bond donors (Lipinski definition) is 3. The van der Waals surface area contributed by atoms with Gasteiger partial charge in [0.15, 0.2) is 0 Å². The fraction of sp³-hybridized carbons (Fsp3) is 0.609. The van der Waals surface area contributed by atoms with Crippen LogP contribution in [-0.4, -0.2) is 102 Å². The van der Waals surface area contributed by atoms with Crippen molar-refractivity contribution >= 4 is 24.2 Å². The summed E-state index contributed by atoms with van der Waals surface area (Å²) in [6.45, 7) is 2.63. The van der Waals surface area contributed by atoms with E-state index in [-0.39, 0.29) is 18.2 Å². The van der Waals surface area contributed by atoms with E-state index in [0.29, 0.717) is 0 Å². The van der Waals surface area contributed by atoms with Crippen LogP contribution in [-0.2, 0) is 29.6 Å². The molecule has 1 rings (SSSR count). The van der Waals surface area contributed by atoms with Gasteiger partial charge < -0.3 is 15.4 Å². The summed E-state index contributed by atoms with van der Waals surface area (Å²) in [5, 5.41) is 19.2. The molecule has 1 aromatic rings. The molecule has 1 aromatic carbocycles. The van der Waals surface area contributed by atoms with Gasteiger partial charge in [-0.2, -0.15) is 127 Å². The van der Waals surface area contributed by atoms with Gasteiger partial charge in [0, 0.05) is 11.3 Å². The quantitative estimate of drug-likeness (QED) is 0.0868. The molecule has 61 heavy (non-hydrogen) atoms. The topological polar surface area (TPSA) is 106 Å². The fourth-order valence-corrected chi connectivity index (χ4v) is 3.53. The van der Waals surface area contributed by atoms with Crippen LogP contribution in [0.3, 0.4) is 0 Å². The number of ether oxygens (including phenoxy) is 4. The number of hydrogen-bond acceptors (Lipinski definition) is 7. The third kappa shape index (κ3) is 9.75. The van der Waals surface area contributed by atoms with E-state index in [1.165, 1.54) is 0 Å². The number of carbonyl (C=O) groups excluding carboxylic acids is 1. The Morgan fingerprint density at radius 1 is 0.508 bits per heavy atom. The van der Waals surface area contributed by atoms with Crippen LogP contribution in [0, 0.1) is 0 Å². The molecular formula is C23H9BF29NO7. The van der Waals surface area contributed by atoms with Crippen molar-refractivity contribution in [3.05, 3.63) is 36.4 Å². The van der Waals surface area contributed by atoms with Crippen LogP contribution >= 0.6 is 0 Å². The summed E-state index contributed by atoms with van der Waals surface area (Å²) in [6, 6.07) is -1.36. The molecule has 38 heteroatoms. The number of halogens is 29. The van der Waals surface area contributed by atoms with Gasteiger partial charge in [-0.15, -0.1) is 0 Å². The highest BCUT2D eigenvalue weighted by Gasteiger charge is 2.90. The number of anilines is 1. The maximum absolute atomic E-state index is 15.6. The van der Waals surface area contributed by atoms with Gasteiger partial charge in [-0.05, 0) is 17.6 Å². The van der Waals surface area contributed by atoms with E-state index in [1.54, 1.807) is 0 Å². The molecule has 4 atom stereocenters. The van der Waals surface area contributed by atoms with Gasteiger partial charge in [0.2, 0.25) is 5.91 Å². The second-order valence-electron chi connectivity index (χ2n) is 10.8. The highest BCUT2D eigenvalue weighted by molar-refractivity contribution is 6.58. The molecule has 0 saturated heterocycles. The summed E-state index contributed by atoms with van der Waals surface area (Å²) in [5.74, 6) is -44.8. The fourth-order valence-electron chi connectivity index (χ4n) is 3.53. The molecule has 0 aromatic heterocycles. The van der Waals surface area contributed by atoms with Crippen molar-refractivity contribution < 1.29 is 161 Å². The van der Waals surface area contributed by atoms with Crippen LogP contribution < -0.4 is 10.8 Å². The number of alkyl halides is 29. The third-order valence-corrected chi connectivity index (χ3v) is 6.51. The Balaban J connectivity index is 4.23. The minimum atomic E-state index is -9.30. The first kappa shape index (κ1) is 55.2. The van der Waals surface area contributed by atoms with E-state index in [2.05, 4.69) is 6.58 Å². The van der Waals surface area contributed by atoms with Crippen molar-refractivity contribution in [1.82, 2.24) is 0 Å². The minimum absolute atomic E-state index is 0.0342. The molecular weight excluding hydrogens is 964 g/mol. The zero-order chi connectivity index (χ0) is 49.3. The van der Waals surface area contributed by atoms with Crippen molar-refractivity contribution in [2.45, 2.75) is 84.7 Å². The lowest BCUT2D eigenvalue weighted by Gasteiger charge is -2.44. The molecule has 0 fully saturated rings. The van der Waals surface area contributed by atoms with Gasteiger partial charge in [-0.3, -0.25) is 23.7 Å². The molecule has 0 radical (unpaired) electrons. The number of rotatable bonds is 16. The molecule has 0 saturated carbocycles. The predicted molar refractivity (Wildman–Crippen MR) is 129 cm³/mol. The molecule has 8 nitrogen and oxygen atoms in total. The zero-order valence-corrected chi connectivity index (χ0v) is 27.0. The summed E-state index contributed by atoms with van der Waals surface area (Å²) >= 11 is 0. The van der Waals surface area contributed by atoms with Crippen LogP contribution in [0.15, 0.2) is 30.9 Å². The Labute approximate surface area is 312 Å². The number of amides is 1. The van der Waals surface area contributed by atoms with E-state index in [4.69, 9.17) is 10.0 Å². The van der Waals surface area contributed by atoms with Crippen molar-refractivity contribution in [3.63, 3.8) is 0 Å². The Morgan fingerprint density at radius 3 is 1.11 bits per heavy atom. The maximum Gasteiger partial charge on any atom is 0.488 e. The number of benzene rings is 1. The van der Waals surface area contributed by atoms with E-state index in [1.807, 2.05) is 4.74 Å². The molecule has 354 valence electrons. The average Bonchev–Trinajstić information content (AvgIpc) is 3.00. The SMILES string of the molecule is C=CC(=O)Nc1cc(B(O)O)ccc1C(F)(OC(F)(F)C(F)(OC(F)(F)C(F)(OC(F)(F)C(F)(OC(F)(F)C(F)(F)C(F)(F)F)C(F)(F)F)C(F)(F)F)C(F)(F)F)C(F)(F)F. The highest BCUT2D eigenvalue weighted by Crippen LogP contribution is 2.62. The van der Waals surface area contributed by atoms with Gasteiger partial charge in [0.25, 0.3) is 0 Å². The Hall–Kier alpha value is -3.78. The molecule has 0 aliphatic carbocycles. The Bertz CT molecular complexity index is 1760. The lowest BCUT2D eigenvalue weighted by Crippen LogP contribution is -2.72. The molecule has 1 amide bonds. The van der Waals surface area contributed by atoms with Crippen LogP contribution in [0.4, 0.5) is 133 Å². The van der Waals surface area contributed by atoms with E-state index < -0.39 is 120 Å². The monoisotopic (exact) mass is 973 g/mol. The lowest BCUT2D eigenvalue weighted by molar-refractivity contribution is -0.593. The van der Waals surface area contributed by atoms with Crippen molar-refractivity contribution in [2.24, 2.45) is 0 Å². The third-order valence-electron chi connectivity index (χ3n) is 6.51. The zero-order valence-electron chi connectivity index (χ0n) is 27.0. The average molecular weight is 973 g/mol. The van der Waals surface area contributed by atoms with Crippen molar-refractivity contribution in [2.75, 3.05) is 5.32 Å². The van der Waals surface area contributed by atoms with E-state index in [0.717, 1.165) is 19.5 Å². The summed E-state index contributed by atoms with van der Waals surface area (Å²) < 4.78 is 404. The molecule has 3 N–H and O–H groups in total. The minimum Gasteiger partial charge on any atom is -0.423 e. The first-order valence-electron chi connectivity index (χ1n) is 13.6. The summed E-state index contributed by atoms with van der Waals surface area (Å²) in [7, 11) is -2.96. The van der Waals surface area contributed by atoms with E-state index >= 15 is 8.78 Å². The first-order valence-corrected chi connectivity index (χ1v) is 13.6. The largest absolute Gasteiger partial charge is 0.488 e. The number of nitrogens with one attached hydrogen (secondary N) is 1. The molecule has 0 spiro atoms. The van der Waals surface area contributed by atoms with Crippen LogP contribution in [0.2, 0.25) is 0 Å². The Kier molecular flexibility index (Phi) is 14.3. The summed E-state index contributed by atoms with van der Waals surface area (Å²) in [4.78, 5) is 11.6. The normalized spacial score (nSPS) is 18.7. The van der Waals surface area contributed by atoms with Crippen molar-refractivity contribution in [1.29, 1.82) is 0 Å². The molecule has 0 aliphatic heterocycles. The van der Waals surface area contributed by atoms with Gasteiger partial charge in [0.1, 0.15) is 0 Å². The summed E-state index contributed by atoms with van der Waals surface area (Å²) in [6.07, 6.45) is -77.8. The number of carbonyl (C=O) groups is 1. The standard InChI is InChI=1S/C23H9BF29NO7/c1-2-9(55)54-8-5-6(24(56)57)3-4-7(8)10(25,15(31,32)33)58-21(48,49)12(28,17(37,38)39)60-23(52,53)14(30,19(43,44)45)61-22(50,51)13(29,18(40,41)42)59-20(46,47)11(26,27)16(34,35)36/h2-5,56-57H,1H2,(H,54,55). The molecule has 4 unspecified atom stereocenters. The van der Waals surface area contributed by atoms with Gasteiger partial charge >= 0.3 is 91.8 Å². The Morgan fingerprint density at radius 2 is 0.836 bits per heavy atom. The van der Waals surface area contributed by atoms with Crippen LogP contribution in [0.5, 0.6) is 0 Å². The van der Waals surface area contributed by atoms with Crippen molar-refractivity contribution in [3.8, 4) is 0 Å².